The number of fused-ring (bicyclic) bond motifs is 1. The highest BCUT2D eigenvalue weighted by Crippen LogP contribution is 2.43. The predicted molar refractivity (Wildman–Crippen MR) is 139 cm³/mol. The topological polar surface area (TPSA) is 104 Å². The molecule has 0 radical (unpaired) electrons. The number of carbonyl (C=O) groups excluding carboxylic acids is 1. The number of ether oxygens (including phenoxy) is 2. The fraction of sp³-hybridized carbons (Fsp3) is 0.222. The summed E-state index contributed by atoms with van der Waals surface area (Å²) in [4.78, 5) is 25.4. The molecular formula is C27H22Cl2N2O6. The van der Waals surface area contributed by atoms with Crippen LogP contribution in [0.15, 0.2) is 47.1 Å². The third-order valence-electron chi connectivity index (χ3n) is 6.55. The molecule has 1 saturated heterocycles. The molecule has 10 heteroatoms. The van der Waals surface area contributed by atoms with Gasteiger partial charge in [-0.25, -0.2) is 4.79 Å². The minimum atomic E-state index is -1.06. The third kappa shape index (κ3) is 4.16. The SMILES string of the molecule is COC1(c2onc(-c3c(C)cc(Cl)cc3Cl)c2C(=O)n2cc(C)c3c(/C=C/C(=O)O)cccc32)COC1. The first kappa shape index (κ1) is 25.2. The van der Waals surface area contributed by atoms with Crippen LogP contribution in [-0.4, -0.2) is 47.0 Å². The molecule has 5 rings (SSSR count). The minimum Gasteiger partial charge on any atom is -0.478 e. The van der Waals surface area contributed by atoms with Gasteiger partial charge in [-0.2, -0.15) is 0 Å². The molecule has 4 aromatic rings. The van der Waals surface area contributed by atoms with Crippen LogP contribution in [-0.2, 0) is 19.9 Å². The second kappa shape index (κ2) is 9.46. The number of carbonyl (C=O) groups is 2. The van der Waals surface area contributed by atoms with Crippen molar-refractivity contribution in [2.45, 2.75) is 19.4 Å². The van der Waals surface area contributed by atoms with Gasteiger partial charge in [-0.05, 0) is 54.8 Å². The van der Waals surface area contributed by atoms with E-state index >= 15 is 0 Å². The Morgan fingerprint density at radius 3 is 2.57 bits per heavy atom. The van der Waals surface area contributed by atoms with Crippen LogP contribution in [0.4, 0.5) is 0 Å². The number of hydrogen-bond acceptors (Lipinski definition) is 6. The van der Waals surface area contributed by atoms with Gasteiger partial charge in [0.15, 0.2) is 11.4 Å². The molecule has 0 bridgehead atoms. The maximum Gasteiger partial charge on any atom is 0.328 e. The van der Waals surface area contributed by atoms with Crippen molar-refractivity contribution in [3.8, 4) is 11.3 Å². The molecule has 1 fully saturated rings. The van der Waals surface area contributed by atoms with Crippen LogP contribution in [0.5, 0.6) is 0 Å². The lowest BCUT2D eigenvalue weighted by molar-refractivity contribution is -0.213. The molecule has 0 spiro atoms. The fourth-order valence-corrected chi connectivity index (χ4v) is 5.39. The number of carboxylic acid groups (broad SMARTS) is 1. The molecule has 0 amide bonds. The zero-order chi connectivity index (χ0) is 26.5. The molecule has 2 aromatic carbocycles. The van der Waals surface area contributed by atoms with Crippen LogP contribution in [0.3, 0.4) is 0 Å². The Hall–Kier alpha value is -3.43. The number of hydrogen-bond donors (Lipinski definition) is 1. The second-order valence-electron chi connectivity index (χ2n) is 8.91. The fourth-order valence-electron chi connectivity index (χ4n) is 4.71. The van der Waals surface area contributed by atoms with E-state index in [0.717, 1.165) is 22.6 Å². The van der Waals surface area contributed by atoms with Gasteiger partial charge >= 0.3 is 5.97 Å². The summed E-state index contributed by atoms with van der Waals surface area (Å²) < 4.78 is 18.4. The Balaban J connectivity index is 1.75. The van der Waals surface area contributed by atoms with Crippen molar-refractivity contribution in [2.75, 3.05) is 20.3 Å². The van der Waals surface area contributed by atoms with Crippen molar-refractivity contribution >= 4 is 52.1 Å². The largest absolute Gasteiger partial charge is 0.478 e. The van der Waals surface area contributed by atoms with Crippen LogP contribution in [0.2, 0.25) is 10.0 Å². The van der Waals surface area contributed by atoms with E-state index in [0.29, 0.717) is 26.7 Å². The molecule has 1 aliphatic rings. The van der Waals surface area contributed by atoms with Crippen molar-refractivity contribution in [1.29, 1.82) is 0 Å². The van der Waals surface area contributed by atoms with E-state index in [4.69, 9.17) is 42.3 Å². The number of halogens is 2. The van der Waals surface area contributed by atoms with Crippen molar-refractivity contribution in [3.63, 3.8) is 0 Å². The molecule has 37 heavy (non-hydrogen) atoms. The standard InChI is InChI=1S/C27H22Cl2N2O6/c1-14-9-17(28)10-18(29)22(14)24-23(25(37-30-24)27(35-3)12-36-13-27)26(34)31-11-15(2)21-16(7-8-20(32)33)5-4-6-19(21)31/h4-11H,12-13H2,1-3H3,(H,32,33)/b8-7+. The van der Waals surface area contributed by atoms with E-state index < -0.39 is 17.5 Å². The maximum atomic E-state index is 14.3. The average Bonchev–Trinajstić information content (AvgIpc) is 3.39. The van der Waals surface area contributed by atoms with Gasteiger partial charge in [-0.3, -0.25) is 9.36 Å². The van der Waals surface area contributed by atoms with Crippen molar-refractivity contribution in [1.82, 2.24) is 9.72 Å². The number of aromatic nitrogens is 2. The van der Waals surface area contributed by atoms with Crippen LogP contribution in [0, 0.1) is 13.8 Å². The normalized spacial score (nSPS) is 14.8. The molecular weight excluding hydrogens is 519 g/mol. The lowest BCUT2D eigenvalue weighted by atomic mass is 9.91. The number of methoxy groups -OCH3 is 1. The highest BCUT2D eigenvalue weighted by atomic mass is 35.5. The van der Waals surface area contributed by atoms with E-state index in [-0.39, 0.29) is 30.2 Å². The lowest BCUT2D eigenvalue weighted by Gasteiger charge is -2.38. The average molecular weight is 541 g/mol. The van der Waals surface area contributed by atoms with E-state index in [1.807, 2.05) is 13.8 Å². The van der Waals surface area contributed by atoms with E-state index in [1.54, 1.807) is 36.5 Å². The van der Waals surface area contributed by atoms with Crippen LogP contribution < -0.4 is 0 Å². The van der Waals surface area contributed by atoms with Gasteiger partial charge in [0.2, 0.25) is 0 Å². The molecule has 2 aromatic heterocycles. The molecule has 1 N–H and O–H groups in total. The van der Waals surface area contributed by atoms with Crippen LogP contribution >= 0.6 is 23.2 Å². The Labute approximate surface area is 222 Å². The van der Waals surface area contributed by atoms with Gasteiger partial charge in [-0.15, -0.1) is 0 Å². The first-order chi connectivity index (χ1) is 17.7. The summed E-state index contributed by atoms with van der Waals surface area (Å²) in [5.41, 5.74) is 2.80. The molecule has 1 aliphatic heterocycles. The summed E-state index contributed by atoms with van der Waals surface area (Å²) >= 11 is 12.8. The predicted octanol–water partition coefficient (Wildman–Crippen LogP) is 5.88. The molecule has 0 saturated carbocycles. The quantitative estimate of drug-likeness (QED) is 0.304. The number of rotatable bonds is 6. The first-order valence-corrected chi connectivity index (χ1v) is 12.1. The zero-order valence-electron chi connectivity index (χ0n) is 20.2. The minimum absolute atomic E-state index is 0.195. The monoisotopic (exact) mass is 540 g/mol. The van der Waals surface area contributed by atoms with E-state index in [2.05, 4.69) is 5.16 Å². The van der Waals surface area contributed by atoms with Gasteiger partial charge in [0.05, 0.1) is 23.8 Å². The Morgan fingerprint density at radius 2 is 1.95 bits per heavy atom. The van der Waals surface area contributed by atoms with Gasteiger partial charge < -0.3 is 19.1 Å². The van der Waals surface area contributed by atoms with Gasteiger partial charge in [0.25, 0.3) is 5.91 Å². The molecule has 190 valence electrons. The van der Waals surface area contributed by atoms with Crippen molar-refractivity contribution in [3.05, 3.63) is 80.7 Å². The highest BCUT2D eigenvalue weighted by molar-refractivity contribution is 6.36. The highest BCUT2D eigenvalue weighted by Gasteiger charge is 2.48. The van der Waals surface area contributed by atoms with Gasteiger partial charge in [0, 0.05) is 35.4 Å². The first-order valence-electron chi connectivity index (χ1n) is 11.3. The summed E-state index contributed by atoms with van der Waals surface area (Å²) in [6.07, 6.45) is 4.28. The maximum absolute atomic E-state index is 14.3. The second-order valence-corrected chi connectivity index (χ2v) is 9.75. The summed E-state index contributed by atoms with van der Waals surface area (Å²) in [6, 6.07) is 8.68. The lowest BCUT2D eigenvalue weighted by Crippen LogP contribution is -2.49. The van der Waals surface area contributed by atoms with Crippen molar-refractivity contribution < 1.29 is 28.7 Å². The summed E-state index contributed by atoms with van der Waals surface area (Å²) in [6.45, 7) is 4.07. The molecule has 0 atom stereocenters. The molecule has 8 nitrogen and oxygen atoms in total. The Bertz CT molecular complexity index is 1570. The van der Waals surface area contributed by atoms with Gasteiger partial charge in [-0.1, -0.05) is 40.5 Å². The number of carboxylic acids is 1. The number of benzene rings is 2. The number of nitrogens with zero attached hydrogens (tertiary/aromatic N) is 2. The number of aliphatic carboxylic acids is 1. The molecule has 0 unspecified atom stereocenters. The third-order valence-corrected chi connectivity index (χ3v) is 7.06. The zero-order valence-corrected chi connectivity index (χ0v) is 21.7. The summed E-state index contributed by atoms with van der Waals surface area (Å²) in [5.74, 6) is -1.22. The van der Waals surface area contributed by atoms with E-state index in [9.17, 15) is 9.59 Å². The summed E-state index contributed by atoms with van der Waals surface area (Å²) in [7, 11) is 1.52. The molecule has 0 aliphatic carbocycles. The Morgan fingerprint density at radius 1 is 1.19 bits per heavy atom. The van der Waals surface area contributed by atoms with Crippen molar-refractivity contribution in [2.24, 2.45) is 0 Å². The Kier molecular flexibility index (Phi) is 6.45. The van der Waals surface area contributed by atoms with E-state index in [1.165, 1.54) is 17.8 Å². The summed E-state index contributed by atoms with van der Waals surface area (Å²) in [5, 5.41) is 14.9. The van der Waals surface area contributed by atoms with Crippen LogP contribution in [0.1, 0.15) is 32.8 Å². The van der Waals surface area contributed by atoms with Crippen LogP contribution in [0.25, 0.3) is 28.2 Å². The van der Waals surface area contributed by atoms with Gasteiger partial charge in [0.1, 0.15) is 11.3 Å². The smallest absolute Gasteiger partial charge is 0.328 e. The number of aryl methyl sites for hydroxylation is 2. The molecule has 3 heterocycles.